The maximum atomic E-state index is 3.85. The molecule has 0 saturated heterocycles. The molecule has 6 saturated carbocycles. The van der Waals surface area contributed by atoms with E-state index in [4.69, 9.17) is 0 Å². The maximum absolute atomic E-state index is 3.85. The molecule has 0 spiro atoms. The van der Waals surface area contributed by atoms with Crippen LogP contribution in [-0.2, 0) is 0 Å². The SMILES string of the molecule is CCC1CC(C(C)C2C3CC(C)C32)CC1CCC1CC1CCCC(C)C#CC1CC(C)C2CCCC(C)C12. The molecule has 0 aromatic carbocycles. The summed E-state index contributed by atoms with van der Waals surface area (Å²) < 4.78 is 0. The Morgan fingerprint density at radius 3 is 2.16 bits per heavy atom. The summed E-state index contributed by atoms with van der Waals surface area (Å²) in [6.45, 7) is 15.1. The maximum Gasteiger partial charge on any atom is 0.0239 e. The normalized spacial score (nSPS) is 50.3. The van der Waals surface area contributed by atoms with Crippen LogP contribution in [0.1, 0.15) is 131 Å². The lowest BCUT2D eigenvalue weighted by atomic mass is 9.70. The van der Waals surface area contributed by atoms with E-state index in [1.54, 1.807) is 38.5 Å². The monoisotopic (exact) mass is 518 g/mol. The largest absolute Gasteiger partial charge is 0.0999 e. The van der Waals surface area contributed by atoms with Crippen molar-refractivity contribution in [2.75, 3.05) is 0 Å². The smallest absolute Gasteiger partial charge is 0.0239 e. The standard InChI is InChI=1S/C38H62/c1-7-28-20-33(27(6)38-35-19-26(5)37(35)38)22-30(28)16-17-31-21-29(31)12-8-10-23(2)14-15-32-18-25(4)34-13-9-11-24(3)36(32)34/h23-38H,7-13,16-22H2,1-6H3. The first-order chi connectivity index (χ1) is 18.4. The van der Waals surface area contributed by atoms with Crippen molar-refractivity contribution < 1.29 is 0 Å². The van der Waals surface area contributed by atoms with Gasteiger partial charge in [0, 0.05) is 11.8 Å². The quantitative estimate of drug-likeness (QED) is 0.252. The first-order valence-electron chi connectivity index (χ1n) is 17.9. The molecule has 16 atom stereocenters. The molecule has 6 fully saturated rings. The van der Waals surface area contributed by atoms with E-state index in [0.717, 1.165) is 82.9 Å². The summed E-state index contributed by atoms with van der Waals surface area (Å²) in [5.41, 5.74) is 0. The zero-order valence-corrected chi connectivity index (χ0v) is 26.1. The summed E-state index contributed by atoms with van der Waals surface area (Å²) >= 11 is 0. The van der Waals surface area contributed by atoms with Crippen LogP contribution in [0.15, 0.2) is 0 Å². The molecule has 0 amide bonds. The molecule has 0 heterocycles. The van der Waals surface area contributed by atoms with Gasteiger partial charge < -0.3 is 0 Å². The Kier molecular flexibility index (Phi) is 8.35. The van der Waals surface area contributed by atoms with Crippen LogP contribution in [0.3, 0.4) is 0 Å². The predicted molar refractivity (Wildman–Crippen MR) is 162 cm³/mol. The fraction of sp³-hybridized carbons (Fsp3) is 0.947. The van der Waals surface area contributed by atoms with Crippen LogP contribution in [0.4, 0.5) is 0 Å². The van der Waals surface area contributed by atoms with Crippen molar-refractivity contribution in [1.82, 2.24) is 0 Å². The molecule has 0 aromatic heterocycles. The summed E-state index contributed by atoms with van der Waals surface area (Å²) in [6.07, 6.45) is 20.8. The van der Waals surface area contributed by atoms with Gasteiger partial charge in [0.05, 0.1) is 0 Å². The number of fused-ring (bicyclic) bond motifs is 2. The minimum atomic E-state index is 0.605. The van der Waals surface area contributed by atoms with Gasteiger partial charge >= 0.3 is 0 Å². The van der Waals surface area contributed by atoms with E-state index < -0.39 is 0 Å². The van der Waals surface area contributed by atoms with Crippen LogP contribution in [0.5, 0.6) is 0 Å². The lowest BCUT2D eigenvalue weighted by molar-refractivity contribution is 0.156. The van der Waals surface area contributed by atoms with Crippen LogP contribution >= 0.6 is 0 Å². The van der Waals surface area contributed by atoms with Gasteiger partial charge in [-0.05, 0) is 141 Å². The van der Waals surface area contributed by atoms with E-state index in [2.05, 4.69) is 53.4 Å². The number of hydrogen-bond acceptors (Lipinski definition) is 0. The molecule has 0 bridgehead atoms. The average molecular weight is 519 g/mol. The van der Waals surface area contributed by atoms with E-state index in [1.807, 2.05) is 0 Å². The minimum absolute atomic E-state index is 0.605. The Morgan fingerprint density at radius 2 is 1.45 bits per heavy atom. The van der Waals surface area contributed by atoms with Crippen LogP contribution in [0, 0.1) is 107 Å². The second-order valence-electron chi connectivity index (χ2n) is 16.5. The fourth-order valence-electron chi connectivity index (χ4n) is 11.7. The Labute approximate surface area is 237 Å². The van der Waals surface area contributed by atoms with E-state index in [9.17, 15) is 0 Å². The lowest BCUT2D eigenvalue weighted by Crippen LogP contribution is -2.27. The van der Waals surface area contributed by atoms with Crippen LogP contribution < -0.4 is 0 Å². The summed E-state index contributed by atoms with van der Waals surface area (Å²) in [6, 6.07) is 0. The summed E-state index contributed by atoms with van der Waals surface area (Å²) in [5, 5.41) is 0. The Morgan fingerprint density at radius 1 is 0.711 bits per heavy atom. The van der Waals surface area contributed by atoms with Gasteiger partial charge in [0.1, 0.15) is 0 Å². The highest BCUT2D eigenvalue weighted by atomic mass is 14.7. The molecule has 0 aliphatic heterocycles. The van der Waals surface area contributed by atoms with Crippen LogP contribution in [0.25, 0.3) is 0 Å². The van der Waals surface area contributed by atoms with Crippen molar-refractivity contribution >= 4 is 0 Å². The lowest BCUT2D eigenvalue weighted by Gasteiger charge is -2.34. The van der Waals surface area contributed by atoms with Gasteiger partial charge in [-0.2, -0.15) is 0 Å². The van der Waals surface area contributed by atoms with Gasteiger partial charge in [-0.3, -0.25) is 0 Å². The predicted octanol–water partition coefficient (Wildman–Crippen LogP) is 10.5. The third-order valence-electron chi connectivity index (χ3n) is 14.2. The van der Waals surface area contributed by atoms with Crippen molar-refractivity contribution in [2.24, 2.45) is 94.7 Å². The summed E-state index contributed by atoms with van der Waals surface area (Å²) in [5.74, 6) is 23.4. The van der Waals surface area contributed by atoms with Gasteiger partial charge in [-0.1, -0.05) is 85.5 Å². The van der Waals surface area contributed by atoms with Gasteiger partial charge in [0.25, 0.3) is 0 Å². The molecule has 38 heavy (non-hydrogen) atoms. The molecule has 6 aliphatic rings. The molecular formula is C38H62. The Hall–Kier alpha value is -0.440. The first-order valence-corrected chi connectivity index (χ1v) is 17.9. The zero-order chi connectivity index (χ0) is 26.6. The van der Waals surface area contributed by atoms with Gasteiger partial charge in [0.15, 0.2) is 0 Å². The van der Waals surface area contributed by atoms with Crippen molar-refractivity contribution in [3.05, 3.63) is 0 Å². The molecule has 6 aliphatic carbocycles. The third-order valence-corrected chi connectivity index (χ3v) is 14.2. The Bertz CT molecular complexity index is 859. The molecule has 0 heteroatoms. The van der Waals surface area contributed by atoms with Crippen LogP contribution in [-0.4, -0.2) is 0 Å². The fourth-order valence-corrected chi connectivity index (χ4v) is 11.7. The van der Waals surface area contributed by atoms with E-state index in [0.29, 0.717) is 11.8 Å². The van der Waals surface area contributed by atoms with Gasteiger partial charge in [-0.15, -0.1) is 0 Å². The molecule has 6 rings (SSSR count). The molecule has 0 aromatic rings. The molecule has 0 radical (unpaired) electrons. The molecular weight excluding hydrogens is 456 g/mol. The minimum Gasteiger partial charge on any atom is -0.0999 e. The summed E-state index contributed by atoms with van der Waals surface area (Å²) in [7, 11) is 0. The number of hydrogen-bond donors (Lipinski definition) is 0. The van der Waals surface area contributed by atoms with Crippen molar-refractivity contribution in [1.29, 1.82) is 0 Å². The second-order valence-corrected chi connectivity index (χ2v) is 16.5. The van der Waals surface area contributed by atoms with E-state index in [1.165, 1.54) is 51.4 Å². The molecule has 214 valence electrons. The topological polar surface area (TPSA) is 0 Å². The molecule has 0 N–H and O–H groups in total. The highest BCUT2D eigenvalue weighted by Gasteiger charge is 2.63. The van der Waals surface area contributed by atoms with Crippen molar-refractivity contribution in [2.45, 2.75) is 131 Å². The van der Waals surface area contributed by atoms with Crippen LogP contribution in [0.2, 0.25) is 0 Å². The van der Waals surface area contributed by atoms with Crippen molar-refractivity contribution in [3.63, 3.8) is 0 Å². The number of rotatable bonds is 10. The average Bonchev–Trinajstić information content (AvgIpc) is 3.68. The molecule has 16 unspecified atom stereocenters. The van der Waals surface area contributed by atoms with Gasteiger partial charge in [0.2, 0.25) is 0 Å². The van der Waals surface area contributed by atoms with E-state index in [-0.39, 0.29) is 0 Å². The summed E-state index contributed by atoms with van der Waals surface area (Å²) in [4.78, 5) is 0. The van der Waals surface area contributed by atoms with E-state index >= 15 is 0 Å². The molecule has 0 nitrogen and oxygen atoms in total. The zero-order valence-electron chi connectivity index (χ0n) is 26.1. The van der Waals surface area contributed by atoms with Gasteiger partial charge in [-0.25, -0.2) is 0 Å². The first kappa shape index (κ1) is 27.7. The Balaban J connectivity index is 0.880. The third kappa shape index (κ3) is 5.54. The second kappa shape index (κ2) is 11.4. The highest BCUT2D eigenvalue weighted by Crippen LogP contribution is 2.69. The van der Waals surface area contributed by atoms with Crippen molar-refractivity contribution in [3.8, 4) is 11.8 Å². The highest BCUT2D eigenvalue weighted by molar-refractivity contribution is 5.13.